The zero-order chi connectivity index (χ0) is 11.7. The van der Waals surface area contributed by atoms with Gasteiger partial charge in [0.25, 0.3) is 0 Å². The number of aliphatic hydroxyl groups is 1. The molecule has 0 bridgehead atoms. The molecule has 2 saturated carbocycles. The lowest BCUT2D eigenvalue weighted by Crippen LogP contribution is -2.54. The predicted octanol–water partition coefficient (Wildman–Crippen LogP) is 2.91. The Labute approximate surface area is 105 Å². The summed E-state index contributed by atoms with van der Waals surface area (Å²) in [4.78, 5) is 0. The SMILES string of the molecule is OC1NCC2CCCCC2C1C1CCCCC1. The van der Waals surface area contributed by atoms with Crippen LogP contribution in [0.2, 0.25) is 0 Å². The van der Waals surface area contributed by atoms with Crippen LogP contribution in [0.3, 0.4) is 0 Å². The second-order valence-corrected chi connectivity index (χ2v) is 6.54. The van der Waals surface area contributed by atoms with Crippen molar-refractivity contribution in [2.45, 2.75) is 64.0 Å². The van der Waals surface area contributed by atoms with Crippen LogP contribution in [0.25, 0.3) is 0 Å². The van der Waals surface area contributed by atoms with Crippen LogP contribution in [0.5, 0.6) is 0 Å². The third-order valence-electron chi connectivity index (χ3n) is 5.61. The summed E-state index contributed by atoms with van der Waals surface area (Å²) in [5.74, 6) is 3.05. The van der Waals surface area contributed by atoms with Crippen molar-refractivity contribution >= 4 is 0 Å². The van der Waals surface area contributed by atoms with Crippen LogP contribution in [0.1, 0.15) is 57.8 Å². The topological polar surface area (TPSA) is 32.3 Å². The normalized spacial score (nSPS) is 44.3. The molecule has 0 spiro atoms. The minimum Gasteiger partial charge on any atom is -0.378 e. The molecule has 17 heavy (non-hydrogen) atoms. The Hall–Kier alpha value is -0.0800. The number of fused-ring (bicyclic) bond motifs is 1. The molecular formula is C15H27NO. The van der Waals surface area contributed by atoms with Gasteiger partial charge in [0.15, 0.2) is 0 Å². The van der Waals surface area contributed by atoms with Gasteiger partial charge in [-0.3, -0.25) is 5.32 Å². The molecule has 4 unspecified atom stereocenters. The molecule has 0 aromatic heterocycles. The molecule has 0 aromatic carbocycles. The van der Waals surface area contributed by atoms with E-state index in [0.29, 0.717) is 5.92 Å². The summed E-state index contributed by atoms with van der Waals surface area (Å²) in [6.45, 7) is 1.06. The Morgan fingerprint density at radius 1 is 0.765 bits per heavy atom. The monoisotopic (exact) mass is 237 g/mol. The van der Waals surface area contributed by atoms with Gasteiger partial charge in [-0.25, -0.2) is 0 Å². The molecule has 0 aromatic rings. The van der Waals surface area contributed by atoms with Crippen molar-refractivity contribution < 1.29 is 5.11 Å². The molecule has 1 aliphatic heterocycles. The average molecular weight is 237 g/mol. The van der Waals surface area contributed by atoms with Gasteiger partial charge in [0.1, 0.15) is 6.23 Å². The molecule has 2 N–H and O–H groups in total. The summed E-state index contributed by atoms with van der Waals surface area (Å²) in [7, 11) is 0. The Morgan fingerprint density at radius 2 is 1.41 bits per heavy atom. The van der Waals surface area contributed by atoms with E-state index in [4.69, 9.17) is 0 Å². The van der Waals surface area contributed by atoms with Crippen molar-refractivity contribution in [3.05, 3.63) is 0 Å². The maximum Gasteiger partial charge on any atom is 0.108 e. The van der Waals surface area contributed by atoms with Gasteiger partial charge in [-0.05, 0) is 30.6 Å². The number of hydrogen-bond donors (Lipinski definition) is 2. The summed E-state index contributed by atoms with van der Waals surface area (Å²) < 4.78 is 0. The lowest BCUT2D eigenvalue weighted by atomic mass is 9.63. The van der Waals surface area contributed by atoms with Crippen LogP contribution in [-0.2, 0) is 0 Å². The minimum atomic E-state index is -0.211. The molecule has 1 saturated heterocycles. The van der Waals surface area contributed by atoms with Crippen LogP contribution < -0.4 is 5.32 Å². The van der Waals surface area contributed by atoms with Crippen LogP contribution in [-0.4, -0.2) is 17.9 Å². The molecule has 0 radical (unpaired) electrons. The number of aliphatic hydroxyl groups excluding tert-OH is 1. The first-order valence-corrected chi connectivity index (χ1v) is 7.78. The standard InChI is InChI=1S/C15H27NO/c17-15-14(11-6-2-1-3-7-11)13-9-5-4-8-12(13)10-16-15/h11-17H,1-10H2. The molecule has 1 heterocycles. The molecule has 4 atom stereocenters. The molecule has 3 aliphatic rings. The zero-order valence-electron chi connectivity index (χ0n) is 10.9. The van der Waals surface area contributed by atoms with E-state index >= 15 is 0 Å². The molecule has 0 amide bonds. The largest absolute Gasteiger partial charge is 0.378 e. The minimum absolute atomic E-state index is 0.211. The van der Waals surface area contributed by atoms with Crippen LogP contribution >= 0.6 is 0 Å². The van der Waals surface area contributed by atoms with Gasteiger partial charge in [0.05, 0.1) is 0 Å². The van der Waals surface area contributed by atoms with Crippen molar-refractivity contribution in [3.63, 3.8) is 0 Å². The highest BCUT2D eigenvalue weighted by atomic mass is 16.3. The van der Waals surface area contributed by atoms with Gasteiger partial charge in [-0.15, -0.1) is 0 Å². The lowest BCUT2D eigenvalue weighted by molar-refractivity contribution is -0.0618. The highest BCUT2D eigenvalue weighted by molar-refractivity contribution is 4.93. The first kappa shape index (κ1) is 12.0. The van der Waals surface area contributed by atoms with Crippen molar-refractivity contribution in [1.29, 1.82) is 0 Å². The zero-order valence-corrected chi connectivity index (χ0v) is 10.9. The Bertz CT molecular complexity index is 249. The van der Waals surface area contributed by atoms with E-state index in [1.165, 1.54) is 57.8 Å². The summed E-state index contributed by atoms with van der Waals surface area (Å²) in [5.41, 5.74) is 0. The van der Waals surface area contributed by atoms with Crippen molar-refractivity contribution in [3.8, 4) is 0 Å². The van der Waals surface area contributed by atoms with Crippen molar-refractivity contribution in [2.75, 3.05) is 6.54 Å². The van der Waals surface area contributed by atoms with E-state index < -0.39 is 0 Å². The van der Waals surface area contributed by atoms with E-state index in [1.807, 2.05) is 0 Å². The number of hydrogen-bond acceptors (Lipinski definition) is 2. The van der Waals surface area contributed by atoms with Crippen molar-refractivity contribution in [1.82, 2.24) is 5.32 Å². The van der Waals surface area contributed by atoms with E-state index in [-0.39, 0.29) is 6.23 Å². The first-order chi connectivity index (χ1) is 8.36. The fourth-order valence-corrected chi connectivity index (χ4v) is 4.77. The molecule has 2 aliphatic carbocycles. The second kappa shape index (κ2) is 5.27. The van der Waals surface area contributed by atoms with Crippen LogP contribution in [0.15, 0.2) is 0 Å². The van der Waals surface area contributed by atoms with Crippen LogP contribution in [0, 0.1) is 23.7 Å². The fraction of sp³-hybridized carbons (Fsp3) is 1.00. The highest BCUT2D eigenvalue weighted by Crippen LogP contribution is 2.45. The van der Waals surface area contributed by atoms with Gasteiger partial charge in [0.2, 0.25) is 0 Å². The third kappa shape index (κ3) is 2.39. The maximum absolute atomic E-state index is 10.3. The second-order valence-electron chi connectivity index (χ2n) is 6.54. The summed E-state index contributed by atoms with van der Waals surface area (Å²) in [5, 5.41) is 13.7. The summed E-state index contributed by atoms with van der Waals surface area (Å²) >= 11 is 0. The molecule has 3 rings (SSSR count). The molecule has 3 fully saturated rings. The van der Waals surface area contributed by atoms with Gasteiger partial charge in [-0.2, -0.15) is 0 Å². The number of nitrogens with one attached hydrogen (secondary N) is 1. The first-order valence-electron chi connectivity index (χ1n) is 7.78. The highest BCUT2D eigenvalue weighted by Gasteiger charge is 2.43. The Kier molecular flexibility index (Phi) is 3.72. The Balaban J connectivity index is 1.73. The summed E-state index contributed by atoms with van der Waals surface area (Å²) in [6, 6.07) is 0. The predicted molar refractivity (Wildman–Crippen MR) is 69.5 cm³/mol. The molecule has 2 nitrogen and oxygen atoms in total. The molecule has 2 heteroatoms. The summed E-state index contributed by atoms with van der Waals surface area (Å²) in [6.07, 6.45) is 12.3. The third-order valence-corrected chi connectivity index (χ3v) is 5.61. The smallest absolute Gasteiger partial charge is 0.108 e. The van der Waals surface area contributed by atoms with Crippen molar-refractivity contribution in [2.24, 2.45) is 23.7 Å². The van der Waals surface area contributed by atoms with Gasteiger partial charge >= 0.3 is 0 Å². The van der Waals surface area contributed by atoms with E-state index in [2.05, 4.69) is 5.32 Å². The maximum atomic E-state index is 10.3. The molecular weight excluding hydrogens is 210 g/mol. The van der Waals surface area contributed by atoms with E-state index in [0.717, 1.165) is 24.3 Å². The fourth-order valence-electron chi connectivity index (χ4n) is 4.77. The average Bonchev–Trinajstić information content (AvgIpc) is 2.39. The van der Waals surface area contributed by atoms with Gasteiger partial charge < -0.3 is 5.11 Å². The lowest BCUT2D eigenvalue weighted by Gasteiger charge is -2.48. The molecule has 98 valence electrons. The van der Waals surface area contributed by atoms with E-state index in [1.54, 1.807) is 0 Å². The number of rotatable bonds is 1. The number of piperidine rings is 1. The van der Waals surface area contributed by atoms with E-state index in [9.17, 15) is 5.11 Å². The van der Waals surface area contributed by atoms with Gasteiger partial charge in [-0.1, -0.05) is 44.9 Å². The van der Waals surface area contributed by atoms with Crippen LogP contribution in [0.4, 0.5) is 0 Å². The Morgan fingerprint density at radius 3 is 2.24 bits per heavy atom. The quantitative estimate of drug-likeness (QED) is 0.735. The van der Waals surface area contributed by atoms with Gasteiger partial charge in [0, 0.05) is 12.5 Å².